The summed E-state index contributed by atoms with van der Waals surface area (Å²) in [5.74, 6) is -1.07. The molecule has 21 heavy (non-hydrogen) atoms. The van der Waals surface area contributed by atoms with Gasteiger partial charge in [-0.2, -0.15) is 4.39 Å². The quantitative estimate of drug-likeness (QED) is 0.609. The Morgan fingerprint density at radius 1 is 1.48 bits per heavy atom. The van der Waals surface area contributed by atoms with Gasteiger partial charge in [-0.05, 0) is 25.0 Å². The number of methoxy groups -OCH3 is 1. The van der Waals surface area contributed by atoms with Crippen LogP contribution in [0.2, 0.25) is 0 Å². The zero-order valence-electron chi connectivity index (χ0n) is 11.9. The third-order valence-corrected chi connectivity index (χ3v) is 4.58. The van der Waals surface area contributed by atoms with Crippen molar-refractivity contribution in [2.75, 3.05) is 13.7 Å². The molecule has 0 aliphatic carbocycles. The van der Waals surface area contributed by atoms with Gasteiger partial charge in [0.05, 0.1) is 16.4 Å². The zero-order valence-corrected chi connectivity index (χ0v) is 12.7. The number of halogens is 1. The molecule has 0 spiro atoms. The van der Waals surface area contributed by atoms with Crippen LogP contribution in [0, 0.1) is 22.9 Å². The highest BCUT2D eigenvalue weighted by atomic mass is 32.2. The van der Waals surface area contributed by atoms with E-state index in [4.69, 9.17) is 4.74 Å². The van der Waals surface area contributed by atoms with Crippen molar-refractivity contribution in [3.8, 4) is 0 Å². The summed E-state index contributed by atoms with van der Waals surface area (Å²) in [6.45, 7) is 3.31. The highest BCUT2D eigenvalue weighted by Gasteiger charge is 2.26. The number of hydrogen-bond acceptors (Lipinski definition) is 5. The Bertz CT molecular complexity index is 633. The van der Waals surface area contributed by atoms with Gasteiger partial charge in [0.15, 0.2) is 0 Å². The summed E-state index contributed by atoms with van der Waals surface area (Å²) in [5.41, 5.74) is -0.779. The maximum Gasteiger partial charge on any atom is 0.306 e. The van der Waals surface area contributed by atoms with Crippen molar-refractivity contribution in [1.82, 2.24) is 4.72 Å². The van der Waals surface area contributed by atoms with Crippen LogP contribution in [0.5, 0.6) is 0 Å². The number of benzene rings is 1. The molecule has 0 aromatic heterocycles. The molecule has 0 aliphatic rings. The number of sulfonamides is 1. The summed E-state index contributed by atoms with van der Waals surface area (Å²) in [7, 11) is -2.56. The average Bonchev–Trinajstić information content (AvgIpc) is 2.37. The third kappa shape index (κ3) is 4.19. The molecule has 1 rings (SSSR count). The summed E-state index contributed by atoms with van der Waals surface area (Å²) >= 11 is 0. The van der Waals surface area contributed by atoms with E-state index in [-0.39, 0.29) is 17.1 Å². The fraction of sp³-hybridized carbons (Fsp3) is 0.500. The molecule has 0 aliphatic heterocycles. The zero-order chi connectivity index (χ0) is 16.2. The third-order valence-electron chi connectivity index (χ3n) is 2.91. The summed E-state index contributed by atoms with van der Waals surface area (Å²) in [6, 6.07) is 1.10. The highest BCUT2D eigenvalue weighted by molar-refractivity contribution is 7.89. The summed E-state index contributed by atoms with van der Waals surface area (Å²) in [6.07, 6.45) is 0.482. The number of nitrogens with zero attached hydrogens (tertiary/aromatic N) is 1. The van der Waals surface area contributed by atoms with Crippen molar-refractivity contribution in [2.24, 2.45) is 0 Å². The number of aryl methyl sites for hydroxylation is 1. The van der Waals surface area contributed by atoms with Gasteiger partial charge in [0.1, 0.15) is 0 Å². The van der Waals surface area contributed by atoms with Crippen LogP contribution in [0.4, 0.5) is 10.1 Å². The van der Waals surface area contributed by atoms with E-state index in [1.54, 1.807) is 6.92 Å². The molecule has 1 unspecified atom stereocenters. The maximum absolute atomic E-state index is 13.4. The second-order valence-corrected chi connectivity index (χ2v) is 6.19. The first kappa shape index (κ1) is 17.5. The van der Waals surface area contributed by atoms with E-state index in [2.05, 4.69) is 4.72 Å². The molecular formula is C12H17FN2O5S. The Kier molecular flexibility index (Phi) is 5.76. The lowest BCUT2D eigenvalue weighted by molar-refractivity contribution is -0.387. The van der Waals surface area contributed by atoms with Gasteiger partial charge in [0.2, 0.25) is 15.8 Å². The monoisotopic (exact) mass is 320 g/mol. The standard InChI is InChI=1S/C12H17FN2O5S/c1-4-9(7-20-3)14-21(18,19)12-6-11(15(16)17)10(13)5-8(12)2/h5-6,9,14H,4,7H2,1-3H3. The van der Waals surface area contributed by atoms with Crippen LogP contribution in [0.3, 0.4) is 0 Å². The maximum atomic E-state index is 13.4. The van der Waals surface area contributed by atoms with Crippen molar-refractivity contribution in [2.45, 2.75) is 31.2 Å². The van der Waals surface area contributed by atoms with E-state index in [0.29, 0.717) is 6.42 Å². The smallest absolute Gasteiger partial charge is 0.306 e. The van der Waals surface area contributed by atoms with Crippen LogP contribution < -0.4 is 4.72 Å². The molecule has 7 nitrogen and oxygen atoms in total. The van der Waals surface area contributed by atoms with E-state index in [1.807, 2.05) is 0 Å². The lowest BCUT2D eigenvalue weighted by atomic mass is 10.2. The largest absolute Gasteiger partial charge is 0.383 e. The average molecular weight is 320 g/mol. The molecule has 1 aromatic rings. The molecule has 9 heteroatoms. The van der Waals surface area contributed by atoms with Crippen molar-refractivity contribution in [3.05, 3.63) is 33.6 Å². The first-order valence-corrected chi connectivity index (χ1v) is 7.67. The van der Waals surface area contributed by atoms with Crippen molar-refractivity contribution < 1.29 is 22.5 Å². The molecule has 0 saturated heterocycles. The Labute approximate surface area is 122 Å². The molecule has 0 saturated carbocycles. The number of rotatable bonds is 7. The summed E-state index contributed by atoms with van der Waals surface area (Å²) in [4.78, 5) is 9.45. The van der Waals surface area contributed by atoms with E-state index >= 15 is 0 Å². The second-order valence-electron chi connectivity index (χ2n) is 4.51. The Morgan fingerprint density at radius 2 is 2.10 bits per heavy atom. The highest BCUT2D eigenvalue weighted by Crippen LogP contribution is 2.25. The number of nitrogens with one attached hydrogen (secondary N) is 1. The van der Waals surface area contributed by atoms with E-state index in [0.717, 1.165) is 12.1 Å². The van der Waals surface area contributed by atoms with Crippen LogP contribution in [-0.4, -0.2) is 33.1 Å². The van der Waals surface area contributed by atoms with E-state index < -0.39 is 32.5 Å². The van der Waals surface area contributed by atoms with Gasteiger partial charge in [-0.25, -0.2) is 13.1 Å². The predicted molar refractivity (Wildman–Crippen MR) is 74.1 cm³/mol. The minimum atomic E-state index is -4.00. The molecule has 0 radical (unpaired) electrons. The van der Waals surface area contributed by atoms with Gasteiger partial charge in [-0.15, -0.1) is 0 Å². The van der Waals surface area contributed by atoms with Crippen molar-refractivity contribution >= 4 is 15.7 Å². The molecule has 1 aromatic carbocycles. The first-order valence-electron chi connectivity index (χ1n) is 6.18. The van der Waals surface area contributed by atoms with Gasteiger partial charge in [0.25, 0.3) is 0 Å². The van der Waals surface area contributed by atoms with Crippen LogP contribution >= 0.6 is 0 Å². The molecule has 118 valence electrons. The van der Waals surface area contributed by atoms with Crippen molar-refractivity contribution in [1.29, 1.82) is 0 Å². The van der Waals surface area contributed by atoms with Gasteiger partial charge >= 0.3 is 5.69 Å². The van der Waals surface area contributed by atoms with Gasteiger partial charge < -0.3 is 4.74 Å². The van der Waals surface area contributed by atoms with E-state index in [9.17, 15) is 22.9 Å². The Morgan fingerprint density at radius 3 is 2.57 bits per heavy atom. The SMILES string of the molecule is CCC(COC)NS(=O)(=O)c1cc([N+](=O)[O-])c(F)cc1C. The number of ether oxygens (including phenoxy) is 1. The molecule has 1 atom stereocenters. The fourth-order valence-corrected chi connectivity index (χ4v) is 3.34. The molecular weight excluding hydrogens is 303 g/mol. The number of hydrogen-bond donors (Lipinski definition) is 1. The minimum absolute atomic E-state index is 0.0952. The van der Waals surface area contributed by atoms with Crippen LogP contribution in [0.15, 0.2) is 17.0 Å². The lowest BCUT2D eigenvalue weighted by Crippen LogP contribution is -2.37. The minimum Gasteiger partial charge on any atom is -0.383 e. The lowest BCUT2D eigenvalue weighted by Gasteiger charge is -2.17. The summed E-state index contributed by atoms with van der Waals surface area (Å²) < 4.78 is 45.3. The fourth-order valence-electron chi connectivity index (χ4n) is 1.79. The van der Waals surface area contributed by atoms with Gasteiger partial charge in [0, 0.05) is 19.2 Å². The second kappa shape index (κ2) is 6.92. The predicted octanol–water partition coefficient (Wildman–Crippen LogP) is 1.75. The van der Waals surface area contributed by atoms with Gasteiger partial charge in [-0.1, -0.05) is 6.92 Å². The topological polar surface area (TPSA) is 98.5 Å². The molecule has 0 amide bonds. The van der Waals surface area contributed by atoms with Crippen molar-refractivity contribution in [3.63, 3.8) is 0 Å². The number of nitro groups is 1. The van der Waals surface area contributed by atoms with Gasteiger partial charge in [-0.3, -0.25) is 10.1 Å². The Balaban J connectivity index is 3.25. The first-order chi connectivity index (χ1) is 9.72. The van der Waals surface area contributed by atoms with Crippen LogP contribution in [0.1, 0.15) is 18.9 Å². The normalized spacial score (nSPS) is 13.1. The molecule has 0 bridgehead atoms. The van der Waals surface area contributed by atoms with Crippen LogP contribution in [0.25, 0.3) is 0 Å². The number of nitro benzene ring substituents is 1. The summed E-state index contributed by atoms with van der Waals surface area (Å²) in [5, 5.41) is 10.7. The Hall–Kier alpha value is -1.58. The van der Waals surface area contributed by atoms with E-state index in [1.165, 1.54) is 14.0 Å². The molecule has 0 heterocycles. The van der Waals surface area contributed by atoms with Crippen LogP contribution in [-0.2, 0) is 14.8 Å². The molecule has 0 fully saturated rings. The molecule has 1 N–H and O–H groups in total.